The Labute approximate surface area is 175 Å². The topological polar surface area (TPSA) is 66.1 Å². The van der Waals surface area contributed by atoms with Crippen molar-refractivity contribution >= 4 is 5.69 Å². The molecule has 0 aliphatic rings. The van der Waals surface area contributed by atoms with Crippen LogP contribution in [0.4, 0.5) is 5.69 Å². The molecule has 0 saturated carbocycles. The predicted octanol–water partition coefficient (Wildman–Crippen LogP) is 4.39. The van der Waals surface area contributed by atoms with Crippen LogP contribution in [0.2, 0.25) is 0 Å². The van der Waals surface area contributed by atoms with Crippen molar-refractivity contribution in [1.82, 2.24) is 19.6 Å². The summed E-state index contributed by atoms with van der Waals surface area (Å²) >= 11 is 0. The molecule has 0 radical (unpaired) electrons. The highest BCUT2D eigenvalue weighted by atomic mass is 16.5. The van der Waals surface area contributed by atoms with Crippen molar-refractivity contribution in [2.75, 3.05) is 19.5 Å². The van der Waals surface area contributed by atoms with E-state index in [-0.39, 0.29) is 0 Å². The van der Waals surface area contributed by atoms with Crippen molar-refractivity contribution in [3.05, 3.63) is 72.7 Å². The summed E-state index contributed by atoms with van der Waals surface area (Å²) in [6, 6.07) is 15.8. The molecule has 0 atom stereocenters. The van der Waals surface area contributed by atoms with Crippen LogP contribution in [0.25, 0.3) is 16.9 Å². The number of aryl methyl sites for hydroxylation is 1. The molecule has 0 aliphatic heterocycles. The van der Waals surface area contributed by atoms with Crippen LogP contribution >= 0.6 is 0 Å². The molecule has 0 aliphatic carbocycles. The monoisotopic (exact) mass is 403 g/mol. The van der Waals surface area contributed by atoms with Crippen molar-refractivity contribution in [2.24, 2.45) is 0 Å². The normalized spacial score (nSPS) is 10.8. The quantitative estimate of drug-likeness (QED) is 0.473. The molecule has 0 bridgehead atoms. The number of nitrogens with one attached hydrogen (secondary N) is 1. The lowest BCUT2D eigenvalue weighted by molar-refractivity contribution is 0.404. The third kappa shape index (κ3) is 4.00. The van der Waals surface area contributed by atoms with Crippen LogP contribution in [-0.4, -0.2) is 33.8 Å². The van der Waals surface area contributed by atoms with Crippen molar-refractivity contribution in [3.8, 4) is 28.4 Å². The summed E-state index contributed by atoms with van der Waals surface area (Å²) in [6.07, 6.45) is 5.87. The number of rotatable bonds is 8. The standard InChI is InChI=1S/C23H25N5O2/c1-4-27-16-18(14-25-27)24-13-17-15-28(19-8-6-5-7-9-19)26-23(17)21-12-20(29-2)10-11-22(21)30-3/h5-12,14-16,24H,4,13H2,1-3H3. The minimum Gasteiger partial charge on any atom is -0.497 e. The van der Waals surface area contributed by atoms with E-state index in [1.807, 2.05) is 76.5 Å². The van der Waals surface area contributed by atoms with Gasteiger partial charge in [0.15, 0.2) is 0 Å². The van der Waals surface area contributed by atoms with Crippen LogP contribution in [0.5, 0.6) is 11.5 Å². The maximum atomic E-state index is 5.61. The van der Waals surface area contributed by atoms with Crippen molar-refractivity contribution < 1.29 is 9.47 Å². The smallest absolute Gasteiger partial charge is 0.128 e. The maximum Gasteiger partial charge on any atom is 0.128 e. The molecule has 2 aromatic heterocycles. The molecule has 7 heteroatoms. The summed E-state index contributed by atoms with van der Waals surface area (Å²) < 4.78 is 14.8. The molecule has 30 heavy (non-hydrogen) atoms. The Bertz CT molecular complexity index is 1120. The van der Waals surface area contributed by atoms with E-state index < -0.39 is 0 Å². The SMILES string of the molecule is CCn1cc(NCc2cn(-c3ccccc3)nc2-c2cc(OC)ccc2OC)cn1. The van der Waals surface area contributed by atoms with Gasteiger partial charge in [0, 0.05) is 36.6 Å². The first-order chi connectivity index (χ1) is 14.7. The van der Waals surface area contributed by atoms with E-state index in [9.17, 15) is 0 Å². The Kier molecular flexibility index (Phi) is 5.70. The molecule has 0 fully saturated rings. The number of methoxy groups -OCH3 is 2. The van der Waals surface area contributed by atoms with Gasteiger partial charge in [0.05, 0.1) is 31.8 Å². The number of hydrogen-bond acceptors (Lipinski definition) is 5. The largest absolute Gasteiger partial charge is 0.497 e. The zero-order valence-electron chi connectivity index (χ0n) is 17.4. The molecule has 0 saturated heterocycles. The summed E-state index contributed by atoms with van der Waals surface area (Å²) in [6.45, 7) is 3.49. The summed E-state index contributed by atoms with van der Waals surface area (Å²) in [5.74, 6) is 1.50. The second kappa shape index (κ2) is 8.73. The molecule has 0 spiro atoms. The number of nitrogens with zero attached hydrogens (tertiary/aromatic N) is 4. The zero-order chi connectivity index (χ0) is 20.9. The molecular formula is C23H25N5O2. The van der Waals surface area contributed by atoms with Crippen LogP contribution in [-0.2, 0) is 13.1 Å². The van der Waals surface area contributed by atoms with Gasteiger partial charge in [0.2, 0.25) is 0 Å². The fraction of sp³-hybridized carbons (Fsp3) is 0.217. The van der Waals surface area contributed by atoms with Gasteiger partial charge in [-0.1, -0.05) is 18.2 Å². The zero-order valence-corrected chi connectivity index (χ0v) is 17.4. The van der Waals surface area contributed by atoms with E-state index in [0.29, 0.717) is 6.54 Å². The fourth-order valence-electron chi connectivity index (χ4n) is 3.30. The van der Waals surface area contributed by atoms with E-state index >= 15 is 0 Å². The van der Waals surface area contributed by atoms with Crippen molar-refractivity contribution in [3.63, 3.8) is 0 Å². The molecule has 4 rings (SSSR count). The van der Waals surface area contributed by atoms with Gasteiger partial charge in [0.1, 0.15) is 17.2 Å². The summed E-state index contributed by atoms with van der Waals surface area (Å²) in [7, 11) is 3.32. The van der Waals surface area contributed by atoms with E-state index in [2.05, 4.69) is 17.3 Å². The average Bonchev–Trinajstić information content (AvgIpc) is 3.44. The minimum absolute atomic E-state index is 0.595. The van der Waals surface area contributed by atoms with Crippen molar-refractivity contribution in [2.45, 2.75) is 20.0 Å². The Morgan fingerprint density at radius 3 is 2.53 bits per heavy atom. The Morgan fingerprint density at radius 1 is 1.00 bits per heavy atom. The molecule has 0 amide bonds. The Morgan fingerprint density at radius 2 is 1.83 bits per heavy atom. The number of benzene rings is 2. The molecular weight excluding hydrogens is 378 g/mol. The van der Waals surface area contributed by atoms with E-state index in [1.54, 1.807) is 14.2 Å². The van der Waals surface area contributed by atoms with Gasteiger partial charge in [-0.2, -0.15) is 10.2 Å². The average molecular weight is 403 g/mol. The minimum atomic E-state index is 0.595. The Balaban J connectivity index is 1.75. The number of hydrogen-bond donors (Lipinski definition) is 1. The molecule has 2 heterocycles. The first-order valence-corrected chi connectivity index (χ1v) is 9.84. The predicted molar refractivity (Wildman–Crippen MR) is 117 cm³/mol. The third-order valence-corrected chi connectivity index (χ3v) is 4.91. The van der Waals surface area contributed by atoms with Crippen LogP contribution in [0.15, 0.2) is 67.1 Å². The first kappa shape index (κ1) is 19.6. The molecule has 7 nitrogen and oxygen atoms in total. The molecule has 4 aromatic rings. The lowest BCUT2D eigenvalue weighted by Crippen LogP contribution is -2.00. The fourth-order valence-corrected chi connectivity index (χ4v) is 3.30. The van der Waals surface area contributed by atoms with Gasteiger partial charge >= 0.3 is 0 Å². The van der Waals surface area contributed by atoms with Crippen LogP contribution < -0.4 is 14.8 Å². The van der Waals surface area contributed by atoms with Crippen molar-refractivity contribution in [1.29, 1.82) is 0 Å². The van der Waals surface area contributed by atoms with Gasteiger partial charge < -0.3 is 14.8 Å². The van der Waals surface area contributed by atoms with Gasteiger partial charge in [-0.05, 0) is 37.3 Å². The second-order valence-corrected chi connectivity index (χ2v) is 6.79. The number of anilines is 1. The first-order valence-electron chi connectivity index (χ1n) is 9.84. The highest BCUT2D eigenvalue weighted by Crippen LogP contribution is 2.35. The van der Waals surface area contributed by atoms with Gasteiger partial charge in [-0.25, -0.2) is 4.68 Å². The van der Waals surface area contributed by atoms with Gasteiger partial charge in [0.25, 0.3) is 0 Å². The van der Waals surface area contributed by atoms with E-state index in [4.69, 9.17) is 14.6 Å². The molecule has 154 valence electrons. The second-order valence-electron chi connectivity index (χ2n) is 6.79. The Hall–Kier alpha value is -3.74. The number of ether oxygens (including phenoxy) is 2. The molecule has 0 unspecified atom stereocenters. The lowest BCUT2D eigenvalue weighted by atomic mass is 10.1. The van der Waals surface area contributed by atoms with Gasteiger partial charge in [-0.15, -0.1) is 0 Å². The van der Waals surface area contributed by atoms with E-state index in [1.165, 1.54) is 0 Å². The van der Waals surface area contributed by atoms with E-state index in [0.717, 1.165) is 46.2 Å². The lowest BCUT2D eigenvalue weighted by Gasteiger charge is -2.10. The number of para-hydroxylation sites is 1. The summed E-state index contributed by atoms with van der Waals surface area (Å²) in [4.78, 5) is 0. The third-order valence-electron chi connectivity index (χ3n) is 4.91. The maximum absolute atomic E-state index is 5.61. The van der Waals surface area contributed by atoms with Crippen LogP contribution in [0.1, 0.15) is 12.5 Å². The van der Waals surface area contributed by atoms with Crippen LogP contribution in [0.3, 0.4) is 0 Å². The summed E-state index contributed by atoms with van der Waals surface area (Å²) in [5, 5.41) is 12.7. The highest BCUT2D eigenvalue weighted by Gasteiger charge is 2.17. The highest BCUT2D eigenvalue weighted by molar-refractivity contribution is 5.72. The molecule has 1 N–H and O–H groups in total. The molecule has 2 aromatic carbocycles. The van der Waals surface area contributed by atoms with Gasteiger partial charge in [-0.3, -0.25) is 4.68 Å². The summed E-state index contributed by atoms with van der Waals surface area (Å²) in [5.41, 5.74) is 4.71. The number of aromatic nitrogens is 4. The van der Waals surface area contributed by atoms with Crippen LogP contribution in [0, 0.1) is 0 Å².